The molecule has 66 valence electrons. The van der Waals surface area contributed by atoms with E-state index < -0.39 is 0 Å². The maximum Gasteiger partial charge on any atom is 0.101 e. The molecule has 4 heteroatoms. The molecule has 0 spiro atoms. The molecule has 0 aliphatic carbocycles. The number of hydrogen-bond donors (Lipinski definition) is 0. The van der Waals surface area contributed by atoms with Gasteiger partial charge in [0, 0.05) is 15.2 Å². The zero-order valence-corrected chi connectivity index (χ0v) is 9.32. The predicted molar refractivity (Wildman–Crippen MR) is 59.0 cm³/mol. The van der Waals surface area contributed by atoms with Crippen molar-refractivity contribution in [2.24, 2.45) is 0 Å². The summed E-state index contributed by atoms with van der Waals surface area (Å²) in [7, 11) is 0. The van der Waals surface area contributed by atoms with Crippen LogP contribution in [0.15, 0.2) is 22.0 Å². The summed E-state index contributed by atoms with van der Waals surface area (Å²) < 4.78 is 1.89. The lowest BCUT2D eigenvalue weighted by atomic mass is 10.1. The quantitative estimate of drug-likeness (QED) is 0.731. The Hall–Kier alpha value is -1.36. The van der Waals surface area contributed by atoms with E-state index in [1.165, 1.54) is 11.3 Å². The lowest BCUT2D eigenvalue weighted by Gasteiger charge is -1.96. The SMILES string of the molecule is N#Cc1ccc(Br)c2scc(C#N)c12. The molecule has 0 radical (unpaired) electrons. The summed E-state index contributed by atoms with van der Waals surface area (Å²) in [5.74, 6) is 0. The molecule has 14 heavy (non-hydrogen) atoms. The highest BCUT2D eigenvalue weighted by Crippen LogP contribution is 2.34. The minimum Gasteiger partial charge on any atom is -0.192 e. The van der Waals surface area contributed by atoms with Gasteiger partial charge in [0.25, 0.3) is 0 Å². The second kappa shape index (κ2) is 3.42. The summed E-state index contributed by atoms with van der Waals surface area (Å²) in [5.41, 5.74) is 1.13. The molecule has 0 amide bonds. The Balaban J connectivity index is 3.00. The summed E-state index contributed by atoms with van der Waals surface area (Å²) >= 11 is 4.87. The van der Waals surface area contributed by atoms with Crippen molar-refractivity contribution in [2.45, 2.75) is 0 Å². The number of nitriles is 2. The molecular formula is C10H3BrN2S. The van der Waals surface area contributed by atoms with Gasteiger partial charge in [-0.3, -0.25) is 0 Å². The Bertz CT molecular complexity index is 586. The molecule has 0 N–H and O–H groups in total. The molecule has 1 aromatic carbocycles. The number of fused-ring (bicyclic) bond motifs is 1. The Morgan fingerprint density at radius 1 is 1.14 bits per heavy atom. The lowest BCUT2D eigenvalue weighted by molar-refractivity contribution is 1.49. The summed E-state index contributed by atoms with van der Waals surface area (Å²) in [6.07, 6.45) is 0. The smallest absolute Gasteiger partial charge is 0.101 e. The molecule has 1 heterocycles. The standard InChI is InChI=1S/C10H3BrN2S/c11-8-2-1-6(3-12)9-7(4-13)5-14-10(8)9/h1-2,5H. The number of nitrogens with zero attached hydrogens (tertiary/aromatic N) is 2. The number of halogens is 1. The average Bonchev–Trinajstić information content (AvgIpc) is 2.63. The summed E-state index contributed by atoms with van der Waals surface area (Å²) in [6.45, 7) is 0. The Labute approximate surface area is 93.1 Å². The first-order valence-corrected chi connectivity index (χ1v) is 5.45. The summed E-state index contributed by atoms with van der Waals surface area (Å²) in [6, 6.07) is 7.74. The van der Waals surface area contributed by atoms with E-state index in [4.69, 9.17) is 10.5 Å². The average molecular weight is 263 g/mol. The molecule has 0 fully saturated rings. The van der Waals surface area contributed by atoms with Gasteiger partial charge in [-0.15, -0.1) is 11.3 Å². The largest absolute Gasteiger partial charge is 0.192 e. The highest BCUT2D eigenvalue weighted by molar-refractivity contribution is 9.10. The van der Waals surface area contributed by atoms with Crippen LogP contribution in [0.5, 0.6) is 0 Å². The van der Waals surface area contributed by atoms with E-state index in [9.17, 15) is 0 Å². The van der Waals surface area contributed by atoms with Crippen LogP contribution in [0.25, 0.3) is 10.1 Å². The van der Waals surface area contributed by atoms with E-state index >= 15 is 0 Å². The number of thiophene rings is 1. The van der Waals surface area contributed by atoms with E-state index in [-0.39, 0.29) is 0 Å². The second-order valence-corrected chi connectivity index (χ2v) is 4.41. The molecule has 0 bridgehead atoms. The summed E-state index contributed by atoms with van der Waals surface area (Å²) in [4.78, 5) is 0. The Kier molecular flexibility index (Phi) is 2.25. The van der Waals surface area contributed by atoms with E-state index in [2.05, 4.69) is 28.1 Å². The third-order valence-corrected chi connectivity index (χ3v) is 3.85. The van der Waals surface area contributed by atoms with Crippen LogP contribution in [-0.4, -0.2) is 0 Å². The molecule has 0 saturated carbocycles. The first-order chi connectivity index (χ1) is 6.77. The molecule has 0 aliphatic rings. The van der Waals surface area contributed by atoms with Crippen molar-refractivity contribution in [1.29, 1.82) is 10.5 Å². The minimum atomic E-state index is 0.556. The Morgan fingerprint density at radius 2 is 1.86 bits per heavy atom. The maximum atomic E-state index is 8.89. The monoisotopic (exact) mass is 262 g/mol. The van der Waals surface area contributed by atoms with Crippen molar-refractivity contribution >= 4 is 37.4 Å². The van der Waals surface area contributed by atoms with E-state index in [0.717, 1.165) is 14.6 Å². The van der Waals surface area contributed by atoms with Gasteiger partial charge >= 0.3 is 0 Å². The minimum absolute atomic E-state index is 0.556. The van der Waals surface area contributed by atoms with Crippen molar-refractivity contribution in [1.82, 2.24) is 0 Å². The van der Waals surface area contributed by atoms with Crippen molar-refractivity contribution in [3.63, 3.8) is 0 Å². The van der Waals surface area contributed by atoms with Crippen LogP contribution in [0.2, 0.25) is 0 Å². The molecule has 0 saturated heterocycles. The fourth-order valence-electron chi connectivity index (χ4n) is 1.29. The highest BCUT2D eigenvalue weighted by atomic mass is 79.9. The third kappa shape index (κ3) is 1.21. The van der Waals surface area contributed by atoms with Crippen molar-refractivity contribution in [3.8, 4) is 12.1 Å². The molecule has 0 aliphatic heterocycles. The van der Waals surface area contributed by atoms with Crippen molar-refractivity contribution in [3.05, 3.63) is 33.1 Å². The van der Waals surface area contributed by atoms with Gasteiger partial charge in [-0.05, 0) is 28.1 Å². The zero-order valence-electron chi connectivity index (χ0n) is 6.91. The van der Waals surface area contributed by atoms with Gasteiger partial charge in [0.1, 0.15) is 6.07 Å². The van der Waals surface area contributed by atoms with Crippen LogP contribution in [-0.2, 0) is 0 Å². The highest BCUT2D eigenvalue weighted by Gasteiger charge is 2.10. The molecule has 2 nitrogen and oxygen atoms in total. The van der Waals surface area contributed by atoms with Gasteiger partial charge in [0.05, 0.1) is 21.9 Å². The molecule has 0 unspecified atom stereocenters. The molecule has 0 atom stereocenters. The number of benzene rings is 1. The normalized spacial score (nSPS) is 9.64. The topological polar surface area (TPSA) is 47.6 Å². The number of rotatable bonds is 0. The molecule has 2 rings (SSSR count). The fraction of sp³-hybridized carbons (Fsp3) is 0. The van der Waals surface area contributed by atoms with Gasteiger partial charge in [-0.2, -0.15) is 10.5 Å². The molecular weight excluding hydrogens is 260 g/mol. The van der Waals surface area contributed by atoms with Crippen LogP contribution < -0.4 is 0 Å². The van der Waals surface area contributed by atoms with Crippen LogP contribution in [0.4, 0.5) is 0 Å². The maximum absolute atomic E-state index is 8.89. The molecule has 1 aromatic heterocycles. The third-order valence-electron chi connectivity index (χ3n) is 1.91. The first-order valence-electron chi connectivity index (χ1n) is 3.78. The number of hydrogen-bond acceptors (Lipinski definition) is 3. The predicted octanol–water partition coefficient (Wildman–Crippen LogP) is 3.41. The zero-order chi connectivity index (χ0) is 10.1. The second-order valence-electron chi connectivity index (χ2n) is 2.67. The van der Waals surface area contributed by atoms with Gasteiger partial charge in [0.2, 0.25) is 0 Å². The van der Waals surface area contributed by atoms with Crippen molar-refractivity contribution < 1.29 is 0 Å². The van der Waals surface area contributed by atoms with Gasteiger partial charge in [-0.25, -0.2) is 0 Å². The van der Waals surface area contributed by atoms with E-state index in [0.29, 0.717) is 11.1 Å². The van der Waals surface area contributed by atoms with E-state index in [1.807, 2.05) is 6.07 Å². The van der Waals surface area contributed by atoms with Crippen LogP contribution in [0.3, 0.4) is 0 Å². The lowest BCUT2D eigenvalue weighted by Crippen LogP contribution is -1.79. The first kappa shape index (κ1) is 9.21. The van der Waals surface area contributed by atoms with Crippen LogP contribution in [0, 0.1) is 22.7 Å². The van der Waals surface area contributed by atoms with E-state index in [1.54, 1.807) is 11.4 Å². The van der Waals surface area contributed by atoms with Crippen molar-refractivity contribution in [2.75, 3.05) is 0 Å². The van der Waals surface area contributed by atoms with Crippen LogP contribution in [0.1, 0.15) is 11.1 Å². The van der Waals surface area contributed by atoms with Gasteiger partial charge in [0.15, 0.2) is 0 Å². The molecule has 2 aromatic rings. The van der Waals surface area contributed by atoms with Gasteiger partial charge in [-0.1, -0.05) is 0 Å². The Morgan fingerprint density at radius 3 is 2.50 bits per heavy atom. The van der Waals surface area contributed by atoms with Crippen LogP contribution >= 0.6 is 27.3 Å². The van der Waals surface area contributed by atoms with Gasteiger partial charge < -0.3 is 0 Å². The fourth-order valence-corrected chi connectivity index (χ4v) is 2.83. The summed E-state index contributed by atoms with van der Waals surface area (Å²) in [5, 5.41) is 20.3.